The SMILES string of the molecule is C[SiH2]c1cc(Nc2cc(C(C)C)c3ccc4c(N)cc(C(C)C)c5ccc2c3c45)cc([SiH](C)C)c1. The van der Waals surface area contributed by atoms with E-state index < -0.39 is 8.80 Å². The van der Waals surface area contributed by atoms with Crippen LogP contribution in [-0.2, 0) is 0 Å². The molecule has 0 aromatic heterocycles. The highest BCUT2D eigenvalue weighted by atomic mass is 28.3. The van der Waals surface area contributed by atoms with Crippen molar-refractivity contribution in [1.82, 2.24) is 0 Å². The van der Waals surface area contributed by atoms with Crippen molar-refractivity contribution in [3.63, 3.8) is 0 Å². The summed E-state index contributed by atoms with van der Waals surface area (Å²) in [7, 11) is -1.11. The fourth-order valence-corrected chi connectivity index (χ4v) is 7.78. The average Bonchev–Trinajstić information content (AvgIpc) is 2.83. The Kier molecular flexibility index (Phi) is 6.14. The van der Waals surface area contributed by atoms with Crippen molar-refractivity contribution in [1.29, 1.82) is 0 Å². The third-order valence-corrected chi connectivity index (χ3v) is 10.5. The molecular formula is C31H38N2Si2. The molecule has 5 aromatic carbocycles. The lowest BCUT2D eigenvalue weighted by Gasteiger charge is -2.22. The first-order valence-corrected chi connectivity index (χ1v) is 18.1. The molecule has 0 saturated carbocycles. The maximum atomic E-state index is 6.63. The number of benzene rings is 5. The van der Waals surface area contributed by atoms with E-state index in [1.54, 1.807) is 10.4 Å². The molecule has 0 amide bonds. The van der Waals surface area contributed by atoms with Gasteiger partial charge in [0.05, 0.1) is 18.3 Å². The molecule has 0 bridgehead atoms. The van der Waals surface area contributed by atoms with Crippen LogP contribution in [0.3, 0.4) is 0 Å². The summed E-state index contributed by atoms with van der Waals surface area (Å²) in [6.45, 7) is 16.4. The largest absolute Gasteiger partial charge is 0.398 e. The molecular weight excluding hydrogens is 457 g/mol. The van der Waals surface area contributed by atoms with E-state index in [1.807, 2.05) is 0 Å². The molecule has 0 radical (unpaired) electrons. The lowest BCUT2D eigenvalue weighted by Crippen LogP contribution is -2.28. The Bertz CT molecular complexity index is 1550. The van der Waals surface area contributed by atoms with Gasteiger partial charge in [-0.05, 0) is 68.8 Å². The molecule has 5 rings (SSSR count). The predicted octanol–water partition coefficient (Wildman–Crippen LogP) is 6.69. The Labute approximate surface area is 213 Å². The van der Waals surface area contributed by atoms with Crippen LogP contribution in [0, 0.1) is 0 Å². The molecule has 0 aliphatic carbocycles. The molecule has 2 nitrogen and oxygen atoms in total. The minimum Gasteiger partial charge on any atom is -0.398 e. The molecule has 180 valence electrons. The van der Waals surface area contributed by atoms with Crippen molar-refractivity contribution in [3.05, 3.63) is 65.7 Å². The standard InChI is InChI=1S/C31H38N2Si2/c1-17(2)26-15-28(32)24-10-8-23-27(18(3)4)16-29(25-11-9-22(26)30(24)31(23)25)33-19-12-20(34-5)14-21(13-19)35(6)7/h8-18,33,35H,32,34H2,1-7H3. The molecule has 0 atom stereocenters. The number of hydrogen-bond donors (Lipinski definition) is 2. The summed E-state index contributed by atoms with van der Waals surface area (Å²) >= 11 is 0. The maximum absolute atomic E-state index is 6.63. The van der Waals surface area contributed by atoms with Crippen LogP contribution in [0.25, 0.3) is 32.3 Å². The van der Waals surface area contributed by atoms with Crippen LogP contribution in [0.4, 0.5) is 17.1 Å². The summed E-state index contributed by atoms with van der Waals surface area (Å²) in [5.41, 5.74) is 12.7. The zero-order valence-electron chi connectivity index (χ0n) is 22.2. The minimum absolute atomic E-state index is 0.223. The van der Waals surface area contributed by atoms with Gasteiger partial charge in [-0.15, -0.1) is 0 Å². The first-order valence-electron chi connectivity index (χ1n) is 13.1. The Morgan fingerprint density at radius 3 is 1.91 bits per heavy atom. The summed E-state index contributed by atoms with van der Waals surface area (Å²) < 4.78 is 0. The van der Waals surface area contributed by atoms with Crippen molar-refractivity contribution < 1.29 is 0 Å². The molecule has 3 N–H and O–H groups in total. The second-order valence-corrected chi connectivity index (χ2v) is 15.5. The van der Waals surface area contributed by atoms with Gasteiger partial charge < -0.3 is 11.1 Å². The Balaban J connectivity index is 1.84. The quantitative estimate of drug-likeness (QED) is 0.157. The van der Waals surface area contributed by atoms with Gasteiger partial charge in [-0.1, -0.05) is 88.0 Å². The van der Waals surface area contributed by atoms with Crippen LogP contribution in [-0.4, -0.2) is 18.3 Å². The van der Waals surface area contributed by atoms with Gasteiger partial charge in [0.2, 0.25) is 0 Å². The average molecular weight is 495 g/mol. The fraction of sp³-hybridized carbons (Fsp3) is 0.290. The highest BCUT2D eigenvalue weighted by Gasteiger charge is 2.20. The minimum atomic E-state index is -0.884. The number of nitrogens with two attached hydrogens (primary N) is 1. The zero-order chi connectivity index (χ0) is 25.0. The molecule has 5 aromatic rings. The summed E-state index contributed by atoms with van der Waals surface area (Å²) in [5.74, 6) is 0.846. The number of hydrogen-bond acceptors (Lipinski definition) is 2. The molecule has 0 heterocycles. The van der Waals surface area contributed by atoms with Crippen LogP contribution in [0.15, 0.2) is 54.6 Å². The molecule has 0 saturated heterocycles. The summed E-state index contributed by atoms with van der Waals surface area (Å²) in [5, 5.41) is 14.8. The maximum Gasteiger partial charge on any atom is 0.0648 e. The van der Waals surface area contributed by atoms with Gasteiger partial charge in [0.1, 0.15) is 0 Å². The number of nitrogens with one attached hydrogen (secondary N) is 1. The van der Waals surface area contributed by atoms with E-state index in [1.165, 1.54) is 54.8 Å². The van der Waals surface area contributed by atoms with Gasteiger partial charge in [-0.25, -0.2) is 0 Å². The van der Waals surface area contributed by atoms with Gasteiger partial charge >= 0.3 is 0 Å². The van der Waals surface area contributed by atoms with Crippen molar-refractivity contribution in [2.75, 3.05) is 11.1 Å². The lowest BCUT2D eigenvalue weighted by atomic mass is 9.84. The normalized spacial score (nSPS) is 12.6. The Morgan fingerprint density at radius 1 is 0.743 bits per heavy atom. The van der Waals surface area contributed by atoms with Gasteiger partial charge in [0.15, 0.2) is 0 Å². The van der Waals surface area contributed by atoms with Gasteiger partial charge in [0, 0.05) is 27.8 Å². The molecule has 0 aliphatic heterocycles. The second-order valence-electron chi connectivity index (χ2n) is 11.0. The third-order valence-electron chi connectivity index (χ3n) is 7.61. The smallest absolute Gasteiger partial charge is 0.0648 e. The number of rotatable bonds is 6. The van der Waals surface area contributed by atoms with Crippen LogP contribution < -0.4 is 21.4 Å². The number of anilines is 3. The third kappa shape index (κ3) is 4.03. The molecule has 35 heavy (non-hydrogen) atoms. The van der Waals surface area contributed by atoms with Crippen LogP contribution in [0.1, 0.15) is 50.7 Å². The first kappa shape index (κ1) is 23.9. The van der Waals surface area contributed by atoms with Gasteiger partial charge in [-0.2, -0.15) is 0 Å². The van der Waals surface area contributed by atoms with Crippen LogP contribution in [0.5, 0.6) is 0 Å². The summed E-state index contributed by atoms with van der Waals surface area (Å²) in [6, 6.07) is 21.0. The lowest BCUT2D eigenvalue weighted by molar-refractivity contribution is 0.876. The van der Waals surface area contributed by atoms with E-state index in [0.717, 1.165) is 5.69 Å². The predicted molar refractivity (Wildman–Crippen MR) is 165 cm³/mol. The van der Waals surface area contributed by atoms with Crippen molar-refractivity contribution >= 4 is 78.1 Å². The highest BCUT2D eigenvalue weighted by Crippen LogP contribution is 2.45. The van der Waals surface area contributed by atoms with E-state index in [-0.39, 0.29) is 9.52 Å². The summed E-state index contributed by atoms with van der Waals surface area (Å²) in [6.07, 6.45) is 0. The molecule has 0 aliphatic rings. The topological polar surface area (TPSA) is 38.0 Å². The van der Waals surface area contributed by atoms with Crippen molar-refractivity contribution in [3.8, 4) is 0 Å². The van der Waals surface area contributed by atoms with E-state index in [0.29, 0.717) is 11.8 Å². The van der Waals surface area contributed by atoms with Crippen molar-refractivity contribution in [2.24, 2.45) is 0 Å². The van der Waals surface area contributed by atoms with E-state index in [4.69, 9.17) is 5.73 Å². The highest BCUT2D eigenvalue weighted by molar-refractivity contribution is 6.71. The van der Waals surface area contributed by atoms with E-state index in [2.05, 4.69) is 107 Å². The Hall–Kier alpha value is -2.83. The van der Waals surface area contributed by atoms with Gasteiger partial charge in [-0.3, -0.25) is 0 Å². The fourth-order valence-electron chi connectivity index (χ4n) is 5.62. The molecule has 0 spiro atoms. The number of nitrogen functional groups attached to an aromatic ring is 1. The monoisotopic (exact) mass is 494 g/mol. The first-order chi connectivity index (χ1) is 16.7. The second kappa shape index (κ2) is 8.99. The van der Waals surface area contributed by atoms with Crippen LogP contribution >= 0.6 is 0 Å². The molecule has 0 fully saturated rings. The molecule has 0 unspecified atom stereocenters. The van der Waals surface area contributed by atoms with E-state index >= 15 is 0 Å². The van der Waals surface area contributed by atoms with Crippen LogP contribution in [0.2, 0.25) is 19.6 Å². The Morgan fingerprint density at radius 2 is 1.31 bits per heavy atom. The van der Waals surface area contributed by atoms with E-state index in [9.17, 15) is 0 Å². The van der Waals surface area contributed by atoms with Crippen molar-refractivity contribution in [2.45, 2.75) is 59.2 Å². The van der Waals surface area contributed by atoms with Gasteiger partial charge in [0.25, 0.3) is 0 Å². The molecule has 4 heteroatoms. The zero-order valence-corrected chi connectivity index (χ0v) is 24.8. The summed E-state index contributed by atoms with van der Waals surface area (Å²) in [4.78, 5) is 0.